The Bertz CT molecular complexity index is 525. The van der Waals surface area contributed by atoms with Gasteiger partial charge in [0, 0.05) is 0 Å². The van der Waals surface area contributed by atoms with Gasteiger partial charge in [-0.25, -0.2) is 4.79 Å². The van der Waals surface area contributed by atoms with Gasteiger partial charge in [-0.05, 0) is 36.5 Å². The van der Waals surface area contributed by atoms with Crippen LogP contribution in [0.4, 0.5) is 0 Å². The first kappa shape index (κ1) is 18.0. The lowest BCUT2D eigenvalue weighted by molar-refractivity contribution is -0.144. The second kappa shape index (κ2) is 7.82. The Morgan fingerprint density at radius 3 is 2.27 bits per heavy atom. The zero-order valence-corrected chi connectivity index (χ0v) is 13.8. The number of carbonyl (C=O) groups is 2. The third kappa shape index (κ3) is 5.06. The van der Waals surface area contributed by atoms with E-state index in [4.69, 9.17) is 9.84 Å². The van der Waals surface area contributed by atoms with Gasteiger partial charge >= 0.3 is 5.97 Å². The van der Waals surface area contributed by atoms with Gasteiger partial charge < -0.3 is 15.2 Å². The fraction of sp³-hybridized carbons (Fsp3) is 0.529. The van der Waals surface area contributed by atoms with Crippen LogP contribution in [0, 0.1) is 5.92 Å². The molecule has 1 amide bonds. The van der Waals surface area contributed by atoms with Crippen molar-refractivity contribution in [2.45, 2.75) is 52.7 Å². The van der Waals surface area contributed by atoms with Gasteiger partial charge in [-0.2, -0.15) is 0 Å². The van der Waals surface area contributed by atoms with Crippen LogP contribution in [0.1, 0.15) is 46.1 Å². The quantitative estimate of drug-likeness (QED) is 0.812. The first-order valence-corrected chi connectivity index (χ1v) is 7.52. The molecule has 1 aromatic rings. The maximum Gasteiger partial charge on any atom is 0.326 e. The molecule has 2 N–H and O–H groups in total. The molecule has 2 unspecified atom stereocenters. The summed E-state index contributed by atoms with van der Waals surface area (Å²) in [6.07, 6.45) is -0.761. The summed E-state index contributed by atoms with van der Waals surface area (Å²) in [5.74, 6) is -0.707. The van der Waals surface area contributed by atoms with Crippen molar-refractivity contribution in [3.05, 3.63) is 29.8 Å². The fourth-order valence-electron chi connectivity index (χ4n) is 1.99. The molecular formula is C17H25NO4. The highest BCUT2D eigenvalue weighted by atomic mass is 16.5. The van der Waals surface area contributed by atoms with Gasteiger partial charge in [0.15, 0.2) is 6.10 Å². The summed E-state index contributed by atoms with van der Waals surface area (Å²) in [5, 5.41) is 11.6. The first-order chi connectivity index (χ1) is 10.2. The number of aliphatic carboxylic acids is 1. The lowest BCUT2D eigenvalue weighted by Gasteiger charge is -2.21. The van der Waals surface area contributed by atoms with E-state index in [2.05, 4.69) is 19.2 Å². The normalized spacial score (nSPS) is 13.8. The molecule has 0 aliphatic heterocycles. The molecule has 0 radical (unpaired) electrons. The molecule has 0 aromatic heterocycles. The SMILES string of the molecule is CC(Oc1cccc(C(C)C)c1)C(=O)NC(C(=O)O)C(C)C. The molecule has 5 nitrogen and oxygen atoms in total. The molecule has 1 rings (SSSR count). The Balaban J connectivity index is 2.71. The van der Waals surface area contributed by atoms with Crippen molar-refractivity contribution in [3.63, 3.8) is 0 Å². The van der Waals surface area contributed by atoms with Gasteiger partial charge in [0.05, 0.1) is 0 Å². The smallest absolute Gasteiger partial charge is 0.326 e. The molecule has 0 aliphatic rings. The van der Waals surface area contributed by atoms with Gasteiger partial charge in [-0.15, -0.1) is 0 Å². The Morgan fingerprint density at radius 1 is 1.14 bits per heavy atom. The summed E-state index contributed by atoms with van der Waals surface area (Å²) >= 11 is 0. The number of hydrogen-bond donors (Lipinski definition) is 2. The lowest BCUT2D eigenvalue weighted by Crippen LogP contribution is -2.48. The van der Waals surface area contributed by atoms with Crippen molar-refractivity contribution >= 4 is 11.9 Å². The Morgan fingerprint density at radius 2 is 1.77 bits per heavy atom. The van der Waals surface area contributed by atoms with Gasteiger partial charge in [0.1, 0.15) is 11.8 Å². The van der Waals surface area contributed by atoms with Crippen molar-refractivity contribution in [3.8, 4) is 5.75 Å². The summed E-state index contributed by atoms with van der Waals surface area (Å²) in [5.41, 5.74) is 1.12. The Kier molecular flexibility index (Phi) is 6.40. The van der Waals surface area contributed by atoms with Crippen molar-refractivity contribution < 1.29 is 19.4 Å². The molecule has 22 heavy (non-hydrogen) atoms. The molecule has 2 atom stereocenters. The highest BCUT2D eigenvalue weighted by Gasteiger charge is 2.26. The van der Waals surface area contributed by atoms with Crippen molar-refractivity contribution in [2.24, 2.45) is 5.92 Å². The molecule has 0 saturated heterocycles. The van der Waals surface area contributed by atoms with Crippen molar-refractivity contribution in [1.82, 2.24) is 5.32 Å². The molecule has 0 bridgehead atoms. The van der Waals surface area contributed by atoms with Crippen LogP contribution < -0.4 is 10.1 Å². The Hall–Kier alpha value is -2.04. The van der Waals surface area contributed by atoms with Gasteiger partial charge in [-0.3, -0.25) is 4.79 Å². The van der Waals surface area contributed by atoms with Gasteiger partial charge in [0.2, 0.25) is 0 Å². The minimum atomic E-state index is -1.04. The molecule has 1 aromatic carbocycles. The summed E-state index contributed by atoms with van der Waals surface area (Å²) < 4.78 is 5.62. The average molecular weight is 307 g/mol. The number of benzene rings is 1. The van der Waals surface area contributed by atoms with Gasteiger partial charge in [0.25, 0.3) is 5.91 Å². The van der Waals surface area contributed by atoms with Crippen LogP contribution in [0.15, 0.2) is 24.3 Å². The number of rotatable bonds is 7. The zero-order valence-electron chi connectivity index (χ0n) is 13.8. The molecule has 0 aliphatic carbocycles. The maximum absolute atomic E-state index is 12.1. The fourth-order valence-corrected chi connectivity index (χ4v) is 1.99. The molecule has 5 heteroatoms. The summed E-state index contributed by atoms with van der Waals surface area (Å²) in [6, 6.07) is 6.64. The van der Waals surface area contributed by atoms with Crippen molar-refractivity contribution in [2.75, 3.05) is 0 Å². The highest BCUT2D eigenvalue weighted by Crippen LogP contribution is 2.21. The number of carboxylic acid groups (broad SMARTS) is 1. The van der Waals surface area contributed by atoms with E-state index in [-0.39, 0.29) is 5.92 Å². The second-order valence-corrected chi connectivity index (χ2v) is 6.06. The number of amides is 1. The summed E-state index contributed by atoms with van der Waals surface area (Å²) in [6.45, 7) is 9.26. The van der Waals surface area contributed by atoms with Crippen LogP contribution in [0.25, 0.3) is 0 Å². The van der Waals surface area contributed by atoms with Crippen LogP contribution >= 0.6 is 0 Å². The van der Waals surface area contributed by atoms with Crippen LogP contribution in [-0.4, -0.2) is 29.1 Å². The minimum absolute atomic E-state index is 0.196. The zero-order chi connectivity index (χ0) is 16.9. The molecule has 122 valence electrons. The number of carboxylic acids is 1. The summed E-state index contributed by atoms with van der Waals surface area (Å²) in [7, 11) is 0. The third-order valence-electron chi connectivity index (χ3n) is 3.44. The molecule has 0 saturated carbocycles. The van der Waals surface area contributed by atoms with Gasteiger partial charge in [-0.1, -0.05) is 39.8 Å². The minimum Gasteiger partial charge on any atom is -0.481 e. The van der Waals surface area contributed by atoms with Crippen LogP contribution in [0.3, 0.4) is 0 Å². The molecule has 0 spiro atoms. The average Bonchev–Trinajstić information content (AvgIpc) is 2.43. The number of ether oxygens (including phenoxy) is 1. The van der Waals surface area contributed by atoms with E-state index in [9.17, 15) is 9.59 Å². The summed E-state index contributed by atoms with van der Waals surface area (Å²) in [4.78, 5) is 23.2. The first-order valence-electron chi connectivity index (χ1n) is 7.52. The standard InChI is InChI=1S/C17H25NO4/c1-10(2)13-7-6-8-14(9-13)22-12(5)16(19)18-15(11(3)4)17(20)21/h6-12,15H,1-5H3,(H,18,19)(H,20,21). The number of carbonyl (C=O) groups excluding carboxylic acids is 1. The van der Waals surface area contributed by atoms with E-state index in [0.29, 0.717) is 11.7 Å². The lowest BCUT2D eigenvalue weighted by atomic mass is 10.0. The van der Waals surface area contributed by atoms with E-state index in [1.54, 1.807) is 26.8 Å². The second-order valence-electron chi connectivity index (χ2n) is 6.06. The van der Waals surface area contributed by atoms with E-state index >= 15 is 0 Å². The van der Waals surface area contributed by atoms with E-state index in [1.807, 2.05) is 18.2 Å². The monoisotopic (exact) mass is 307 g/mol. The predicted octanol–water partition coefficient (Wildman–Crippen LogP) is 2.80. The molecule has 0 fully saturated rings. The van der Waals surface area contributed by atoms with Crippen molar-refractivity contribution in [1.29, 1.82) is 0 Å². The maximum atomic E-state index is 12.1. The molecular weight excluding hydrogens is 282 g/mol. The predicted molar refractivity (Wildman–Crippen MR) is 85.0 cm³/mol. The Labute approximate surface area is 131 Å². The van der Waals surface area contributed by atoms with Crippen LogP contribution in [0.2, 0.25) is 0 Å². The third-order valence-corrected chi connectivity index (χ3v) is 3.44. The van der Waals surface area contributed by atoms with E-state index in [0.717, 1.165) is 5.56 Å². The largest absolute Gasteiger partial charge is 0.481 e. The number of hydrogen-bond acceptors (Lipinski definition) is 3. The molecule has 0 heterocycles. The van der Waals surface area contributed by atoms with Crippen LogP contribution in [0.5, 0.6) is 5.75 Å². The van der Waals surface area contributed by atoms with E-state index in [1.165, 1.54) is 0 Å². The highest BCUT2D eigenvalue weighted by molar-refractivity contribution is 5.86. The van der Waals surface area contributed by atoms with E-state index < -0.39 is 24.0 Å². The van der Waals surface area contributed by atoms with Crippen LogP contribution in [-0.2, 0) is 9.59 Å². The topological polar surface area (TPSA) is 75.6 Å². The number of nitrogens with one attached hydrogen (secondary N) is 1.